The molecule has 0 unspecified atom stereocenters. The number of Topliss-reactive ketones (excluding diaryl/α,β-unsaturated/α-hetero) is 1. The third-order valence-electron chi connectivity index (χ3n) is 6.38. The second-order valence-electron chi connectivity index (χ2n) is 8.52. The van der Waals surface area contributed by atoms with Gasteiger partial charge in [-0.3, -0.25) is 19.3 Å². The van der Waals surface area contributed by atoms with Crippen molar-refractivity contribution in [2.75, 3.05) is 11.5 Å². The standard InChI is InChI=1S/C26H25NO5/c1-15-10-11-18(12-17(15)3)22(28)14-32-26(31)19-7-5-8-20(13-19)27-24(29)21-9-4-6-16(2)23(21)25(27)30/h4-8,10-13,16,21,23H,9,14H2,1-3H3/t16-,21-,23-/m0/s1. The van der Waals surface area contributed by atoms with Crippen molar-refractivity contribution in [2.24, 2.45) is 17.8 Å². The van der Waals surface area contributed by atoms with E-state index in [0.29, 0.717) is 17.7 Å². The van der Waals surface area contributed by atoms with Crippen LogP contribution in [0.25, 0.3) is 0 Å². The van der Waals surface area contributed by atoms with Gasteiger partial charge in [-0.2, -0.15) is 0 Å². The molecule has 1 heterocycles. The number of hydrogen-bond donors (Lipinski definition) is 0. The fraction of sp³-hybridized carbons (Fsp3) is 0.308. The molecule has 0 aromatic heterocycles. The highest BCUT2D eigenvalue weighted by Gasteiger charge is 2.50. The number of esters is 1. The van der Waals surface area contributed by atoms with Crippen LogP contribution in [-0.2, 0) is 14.3 Å². The summed E-state index contributed by atoms with van der Waals surface area (Å²) in [6.45, 7) is 5.42. The second kappa shape index (κ2) is 8.54. The molecule has 0 saturated carbocycles. The van der Waals surface area contributed by atoms with E-state index < -0.39 is 5.97 Å². The molecule has 0 spiro atoms. The average molecular weight is 431 g/mol. The number of anilines is 1. The molecule has 1 fully saturated rings. The molecule has 0 N–H and O–H groups in total. The van der Waals surface area contributed by atoms with E-state index in [1.807, 2.05) is 39.0 Å². The Morgan fingerprint density at radius 2 is 1.78 bits per heavy atom. The molecule has 6 heteroatoms. The lowest BCUT2D eigenvalue weighted by Gasteiger charge is -2.22. The largest absolute Gasteiger partial charge is 0.454 e. The van der Waals surface area contributed by atoms with Gasteiger partial charge < -0.3 is 4.74 Å². The Bertz CT molecular complexity index is 1150. The molecular weight excluding hydrogens is 406 g/mol. The first-order valence-corrected chi connectivity index (χ1v) is 10.7. The maximum Gasteiger partial charge on any atom is 0.338 e. The number of allylic oxidation sites excluding steroid dienone is 2. The van der Waals surface area contributed by atoms with Crippen LogP contribution >= 0.6 is 0 Å². The highest BCUT2D eigenvalue weighted by atomic mass is 16.5. The molecular formula is C26H25NO5. The Hall–Kier alpha value is -3.54. The van der Waals surface area contributed by atoms with Crippen molar-refractivity contribution in [2.45, 2.75) is 27.2 Å². The zero-order chi connectivity index (χ0) is 23.0. The fourth-order valence-electron chi connectivity index (χ4n) is 4.39. The van der Waals surface area contributed by atoms with Crippen LogP contribution in [0.2, 0.25) is 0 Å². The zero-order valence-electron chi connectivity index (χ0n) is 18.3. The molecule has 1 aliphatic carbocycles. The van der Waals surface area contributed by atoms with Gasteiger partial charge in [0.05, 0.1) is 23.1 Å². The van der Waals surface area contributed by atoms with E-state index in [-0.39, 0.29) is 47.5 Å². The first kappa shape index (κ1) is 21.7. The highest BCUT2D eigenvalue weighted by molar-refractivity contribution is 6.22. The van der Waals surface area contributed by atoms with E-state index in [2.05, 4.69) is 0 Å². The molecule has 1 aliphatic heterocycles. The van der Waals surface area contributed by atoms with Gasteiger partial charge in [-0.1, -0.05) is 37.3 Å². The minimum atomic E-state index is -0.685. The minimum Gasteiger partial charge on any atom is -0.454 e. The summed E-state index contributed by atoms with van der Waals surface area (Å²) in [6, 6.07) is 11.6. The molecule has 164 valence electrons. The number of rotatable bonds is 5. The lowest BCUT2D eigenvalue weighted by molar-refractivity contribution is -0.122. The lowest BCUT2D eigenvalue weighted by Crippen LogP contribution is -2.31. The Kier molecular flexibility index (Phi) is 5.78. The first-order valence-electron chi connectivity index (χ1n) is 10.7. The van der Waals surface area contributed by atoms with E-state index in [0.717, 1.165) is 11.1 Å². The van der Waals surface area contributed by atoms with Crippen LogP contribution in [0.3, 0.4) is 0 Å². The van der Waals surface area contributed by atoms with Crippen LogP contribution < -0.4 is 4.90 Å². The Balaban J connectivity index is 1.47. The predicted octanol–water partition coefficient (Wildman–Crippen LogP) is 4.04. The molecule has 0 radical (unpaired) electrons. The number of benzene rings is 2. The summed E-state index contributed by atoms with van der Waals surface area (Å²) in [5, 5.41) is 0. The maximum absolute atomic E-state index is 13.0. The SMILES string of the molecule is Cc1ccc(C(=O)COC(=O)c2cccc(N3C(=O)[C@@H]4[C@H](CC=C[C@@H]4C)C3=O)c2)cc1C. The van der Waals surface area contributed by atoms with Crippen molar-refractivity contribution in [3.8, 4) is 0 Å². The van der Waals surface area contributed by atoms with Crippen LogP contribution in [0, 0.1) is 31.6 Å². The van der Waals surface area contributed by atoms with Crippen molar-refractivity contribution >= 4 is 29.3 Å². The molecule has 2 aromatic carbocycles. The average Bonchev–Trinajstić information content (AvgIpc) is 3.04. The van der Waals surface area contributed by atoms with Gasteiger partial charge in [0.25, 0.3) is 0 Å². The van der Waals surface area contributed by atoms with Crippen LogP contribution in [0.1, 0.15) is 45.2 Å². The summed E-state index contributed by atoms with van der Waals surface area (Å²) in [5.74, 6) is -2.23. The van der Waals surface area contributed by atoms with E-state index >= 15 is 0 Å². The second-order valence-corrected chi connectivity index (χ2v) is 8.52. The number of hydrogen-bond acceptors (Lipinski definition) is 5. The smallest absolute Gasteiger partial charge is 0.338 e. The molecule has 2 amide bonds. The number of fused-ring (bicyclic) bond motifs is 1. The van der Waals surface area contributed by atoms with E-state index in [9.17, 15) is 19.2 Å². The number of nitrogens with zero attached hydrogens (tertiary/aromatic N) is 1. The van der Waals surface area contributed by atoms with E-state index in [4.69, 9.17) is 4.74 Å². The van der Waals surface area contributed by atoms with Gasteiger partial charge in [0.2, 0.25) is 11.8 Å². The Morgan fingerprint density at radius 1 is 1.00 bits per heavy atom. The van der Waals surface area contributed by atoms with Crippen LogP contribution in [0.5, 0.6) is 0 Å². The van der Waals surface area contributed by atoms with E-state index in [1.165, 1.54) is 17.0 Å². The summed E-state index contributed by atoms with van der Waals surface area (Å²) in [4.78, 5) is 52.0. The molecule has 1 saturated heterocycles. The van der Waals surface area contributed by atoms with Gasteiger partial charge >= 0.3 is 5.97 Å². The molecule has 4 rings (SSSR count). The highest BCUT2D eigenvalue weighted by Crippen LogP contribution is 2.40. The third-order valence-corrected chi connectivity index (χ3v) is 6.38. The minimum absolute atomic E-state index is 0.0141. The number of imide groups is 1. The lowest BCUT2D eigenvalue weighted by atomic mass is 9.78. The topological polar surface area (TPSA) is 80.8 Å². The number of aryl methyl sites for hydroxylation is 2. The molecule has 3 atom stereocenters. The van der Waals surface area contributed by atoms with Gasteiger partial charge in [0, 0.05) is 5.56 Å². The normalized spacial score (nSPS) is 22.1. The molecule has 2 aromatic rings. The quantitative estimate of drug-likeness (QED) is 0.309. The molecule has 32 heavy (non-hydrogen) atoms. The van der Waals surface area contributed by atoms with E-state index in [1.54, 1.807) is 24.3 Å². The van der Waals surface area contributed by atoms with Crippen LogP contribution in [-0.4, -0.2) is 30.2 Å². The summed E-state index contributed by atoms with van der Waals surface area (Å²) in [6.07, 6.45) is 4.45. The number of ether oxygens (including phenoxy) is 1. The Labute approximate surface area is 186 Å². The van der Waals surface area contributed by atoms with Gasteiger partial charge in [-0.05, 0) is 61.6 Å². The maximum atomic E-state index is 13.0. The monoisotopic (exact) mass is 431 g/mol. The number of carbonyl (C=O) groups excluding carboxylic acids is 4. The van der Waals surface area contributed by atoms with Crippen molar-refractivity contribution in [3.63, 3.8) is 0 Å². The summed E-state index contributed by atoms with van der Waals surface area (Å²) in [7, 11) is 0. The Morgan fingerprint density at radius 3 is 2.50 bits per heavy atom. The summed E-state index contributed by atoms with van der Waals surface area (Å²) >= 11 is 0. The molecule has 0 bridgehead atoms. The van der Waals surface area contributed by atoms with Crippen LogP contribution in [0.15, 0.2) is 54.6 Å². The molecule has 2 aliphatic rings. The number of amides is 2. The summed E-state index contributed by atoms with van der Waals surface area (Å²) in [5.41, 5.74) is 3.06. The van der Waals surface area contributed by atoms with Crippen molar-refractivity contribution < 1.29 is 23.9 Å². The third kappa shape index (κ3) is 3.88. The number of ketones is 1. The zero-order valence-corrected chi connectivity index (χ0v) is 18.3. The predicted molar refractivity (Wildman–Crippen MR) is 119 cm³/mol. The van der Waals surface area contributed by atoms with Crippen molar-refractivity contribution in [1.82, 2.24) is 0 Å². The van der Waals surface area contributed by atoms with Crippen molar-refractivity contribution in [1.29, 1.82) is 0 Å². The van der Waals surface area contributed by atoms with Gasteiger partial charge in [-0.15, -0.1) is 0 Å². The van der Waals surface area contributed by atoms with Gasteiger partial charge in [0.15, 0.2) is 12.4 Å². The molecule has 6 nitrogen and oxygen atoms in total. The fourth-order valence-corrected chi connectivity index (χ4v) is 4.39. The van der Waals surface area contributed by atoms with Gasteiger partial charge in [-0.25, -0.2) is 4.79 Å². The van der Waals surface area contributed by atoms with Gasteiger partial charge in [0.1, 0.15) is 0 Å². The number of carbonyl (C=O) groups is 4. The van der Waals surface area contributed by atoms with Crippen LogP contribution in [0.4, 0.5) is 5.69 Å². The van der Waals surface area contributed by atoms with Crippen molar-refractivity contribution in [3.05, 3.63) is 76.9 Å². The summed E-state index contributed by atoms with van der Waals surface area (Å²) < 4.78 is 5.21. The first-order chi connectivity index (χ1) is 15.3.